The highest BCUT2D eigenvalue weighted by Crippen LogP contribution is 2.67. The van der Waals surface area contributed by atoms with Crippen LogP contribution in [0.2, 0.25) is 0 Å². The van der Waals surface area contributed by atoms with E-state index < -0.39 is 15.7 Å². The van der Waals surface area contributed by atoms with Crippen molar-refractivity contribution in [2.24, 2.45) is 5.41 Å². The largest absolute Gasteiger partial charge is 0.496 e. The van der Waals surface area contributed by atoms with Gasteiger partial charge in [0.05, 0.1) is 14.2 Å². The Bertz CT molecular complexity index is 1180. The van der Waals surface area contributed by atoms with Crippen molar-refractivity contribution in [2.75, 3.05) is 14.2 Å². The summed E-state index contributed by atoms with van der Waals surface area (Å²) in [6.07, 6.45) is 0. The molecule has 0 heterocycles. The average Bonchev–Trinajstić information content (AvgIpc) is 2.92. The molecule has 4 aromatic rings. The van der Waals surface area contributed by atoms with Crippen molar-refractivity contribution in [3.05, 3.63) is 131 Å². The molecule has 4 aromatic carbocycles. The monoisotopic (exact) mass is 500 g/mol. The van der Waals surface area contributed by atoms with E-state index in [0.717, 1.165) is 22.6 Å². The number of para-hydroxylation sites is 2. The van der Waals surface area contributed by atoms with Crippen molar-refractivity contribution >= 4 is 18.5 Å². The fraction of sp³-hybridized carbons (Fsp3) is 0.226. The van der Waals surface area contributed by atoms with Crippen molar-refractivity contribution < 1.29 is 9.47 Å². The molecular formula is C31H34O2P2. The Hall–Kier alpha value is -2.66. The Morgan fingerprint density at radius 1 is 0.486 bits per heavy atom. The van der Waals surface area contributed by atoms with Gasteiger partial charge in [0, 0.05) is 21.4 Å². The normalized spacial score (nSPS) is 12.3. The summed E-state index contributed by atoms with van der Waals surface area (Å²) in [6, 6.07) is 38.1. The third-order valence-electron chi connectivity index (χ3n) is 7.49. The first-order chi connectivity index (χ1) is 16.8. The minimum atomic E-state index is -0.598. The quantitative estimate of drug-likeness (QED) is 0.231. The van der Waals surface area contributed by atoms with Gasteiger partial charge in [-0.05, 0) is 28.7 Å². The molecule has 0 bridgehead atoms. The van der Waals surface area contributed by atoms with Gasteiger partial charge in [-0.25, -0.2) is 0 Å². The van der Waals surface area contributed by atoms with Crippen molar-refractivity contribution in [2.45, 2.75) is 24.2 Å². The lowest BCUT2D eigenvalue weighted by atomic mass is 9.59. The molecule has 0 saturated heterocycles. The van der Waals surface area contributed by atoms with Gasteiger partial charge in [-0.2, -0.15) is 0 Å². The Kier molecular flexibility index (Phi) is 7.37. The summed E-state index contributed by atoms with van der Waals surface area (Å²) < 4.78 is 11.9. The van der Waals surface area contributed by atoms with E-state index in [1.807, 2.05) is 24.3 Å². The Labute approximate surface area is 214 Å². The van der Waals surface area contributed by atoms with Crippen LogP contribution in [-0.4, -0.2) is 14.2 Å². The van der Waals surface area contributed by atoms with Crippen LogP contribution in [0.25, 0.3) is 0 Å². The summed E-state index contributed by atoms with van der Waals surface area (Å²) in [5, 5.41) is -1.06. The van der Waals surface area contributed by atoms with Gasteiger partial charge in [0.15, 0.2) is 0 Å². The summed E-state index contributed by atoms with van der Waals surface area (Å²) in [5.74, 6) is 1.69. The Morgan fingerprint density at radius 3 is 1.20 bits per heavy atom. The fourth-order valence-corrected chi connectivity index (χ4v) is 6.84. The minimum absolute atomic E-state index is 0.429. The van der Waals surface area contributed by atoms with Crippen molar-refractivity contribution in [3.63, 3.8) is 0 Å². The summed E-state index contributed by atoms with van der Waals surface area (Å²) in [5.41, 5.74) is 4.18. The summed E-state index contributed by atoms with van der Waals surface area (Å²) in [6.45, 7) is 4.68. The first-order valence-electron chi connectivity index (χ1n) is 11.8. The van der Waals surface area contributed by atoms with E-state index in [9.17, 15) is 0 Å². The van der Waals surface area contributed by atoms with Gasteiger partial charge in [-0.15, -0.1) is 18.5 Å². The molecule has 0 N–H and O–H groups in total. The number of ether oxygens (including phenoxy) is 2. The zero-order valence-corrected chi connectivity index (χ0v) is 23.2. The summed E-state index contributed by atoms with van der Waals surface area (Å²) in [4.78, 5) is 0. The van der Waals surface area contributed by atoms with Gasteiger partial charge < -0.3 is 9.47 Å². The zero-order valence-electron chi connectivity index (χ0n) is 20.9. The van der Waals surface area contributed by atoms with Crippen molar-refractivity contribution in [3.8, 4) is 11.5 Å². The third-order valence-corrected chi connectivity index (χ3v) is 10.2. The number of benzene rings is 4. The van der Waals surface area contributed by atoms with Gasteiger partial charge in [0.1, 0.15) is 11.5 Å². The first kappa shape index (κ1) is 25.4. The molecule has 0 spiro atoms. The molecule has 180 valence electrons. The van der Waals surface area contributed by atoms with E-state index >= 15 is 0 Å². The second-order valence-electron chi connectivity index (χ2n) is 9.37. The third kappa shape index (κ3) is 4.08. The highest BCUT2D eigenvalue weighted by Gasteiger charge is 2.57. The molecule has 2 atom stereocenters. The smallest absolute Gasteiger partial charge is 0.123 e. The van der Waals surface area contributed by atoms with E-state index in [4.69, 9.17) is 9.47 Å². The number of hydrogen-bond acceptors (Lipinski definition) is 2. The average molecular weight is 501 g/mol. The van der Waals surface area contributed by atoms with Crippen LogP contribution >= 0.6 is 18.5 Å². The number of rotatable bonds is 8. The molecule has 4 heteroatoms. The topological polar surface area (TPSA) is 18.5 Å². The standard InChI is InChI=1S/C31H34O2P2/c1-29(2,30(34,23-15-7-5-8-16-23)24-17-9-6-10-18-24)31(35,25-19-11-13-21-27(25)32-3)26-20-12-14-22-28(26)33-4/h5-22H,34-35H2,1-4H3. The predicted octanol–water partition coefficient (Wildman–Crippen LogP) is 7.67. The SMILES string of the molecule is COc1ccccc1C(P)(c1ccccc1OC)C(C)(C)C(P)(c1ccccc1)c1ccccc1. The van der Waals surface area contributed by atoms with Crippen molar-refractivity contribution in [1.29, 1.82) is 0 Å². The highest BCUT2D eigenvalue weighted by atomic mass is 31.0. The van der Waals surface area contributed by atoms with Gasteiger partial charge in [0.25, 0.3) is 0 Å². The molecule has 0 aliphatic carbocycles. The lowest BCUT2D eigenvalue weighted by Crippen LogP contribution is -2.50. The molecule has 0 aliphatic heterocycles. The Balaban J connectivity index is 2.13. The number of methoxy groups -OCH3 is 2. The van der Waals surface area contributed by atoms with Gasteiger partial charge in [0.2, 0.25) is 0 Å². The van der Waals surface area contributed by atoms with Crippen LogP contribution < -0.4 is 9.47 Å². The fourth-order valence-electron chi connectivity index (χ4n) is 5.36. The van der Waals surface area contributed by atoms with Gasteiger partial charge in [-0.3, -0.25) is 0 Å². The minimum Gasteiger partial charge on any atom is -0.496 e. The van der Waals surface area contributed by atoms with E-state index in [-0.39, 0.29) is 0 Å². The van der Waals surface area contributed by atoms with Crippen LogP contribution in [0.4, 0.5) is 0 Å². The number of hydrogen-bond donors (Lipinski definition) is 0. The molecule has 0 saturated carbocycles. The second-order valence-corrected chi connectivity index (χ2v) is 11.1. The maximum atomic E-state index is 5.94. The van der Waals surface area contributed by atoms with E-state index in [2.05, 4.69) is 117 Å². The maximum absolute atomic E-state index is 5.94. The Morgan fingerprint density at radius 2 is 0.829 bits per heavy atom. The van der Waals surface area contributed by atoms with Crippen molar-refractivity contribution in [1.82, 2.24) is 0 Å². The molecular weight excluding hydrogens is 466 g/mol. The molecule has 35 heavy (non-hydrogen) atoms. The van der Waals surface area contributed by atoms with Crippen LogP contribution in [0.1, 0.15) is 36.1 Å². The lowest BCUT2D eigenvalue weighted by Gasteiger charge is -2.56. The lowest BCUT2D eigenvalue weighted by molar-refractivity contribution is 0.215. The molecule has 2 unspecified atom stereocenters. The van der Waals surface area contributed by atoms with E-state index in [0.29, 0.717) is 0 Å². The molecule has 0 fully saturated rings. The maximum Gasteiger partial charge on any atom is 0.123 e. The molecule has 0 aromatic heterocycles. The van der Waals surface area contributed by atoms with Crippen LogP contribution in [-0.2, 0) is 10.3 Å². The van der Waals surface area contributed by atoms with E-state index in [1.165, 1.54) is 11.1 Å². The van der Waals surface area contributed by atoms with Crippen LogP contribution in [0.15, 0.2) is 109 Å². The molecule has 0 radical (unpaired) electrons. The van der Waals surface area contributed by atoms with Gasteiger partial charge >= 0.3 is 0 Å². The van der Waals surface area contributed by atoms with Crippen LogP contribution in [0.5, 0.6) is 11.5 Å². The molecule has 4 rings (SSSR count). The van der Waals surface area contributed by atoms with Gasteiger partial charge in [-0.1, -0.05) is 111 Å². The first-order valence-corrected chi connectivity index (χ1v) is 12.9. The summed E-state index contributed by atoms with van der Waals surface area (Å²) in [7, 11) is 9.95. The van der Waals surface area contributed by atoms with Crippen LogP contribution in [0.3, 0.4) is 0 Å². The van der Waals surface area contributed by atoms with Crippen LogP contribution in [0, 0.1) is 5.41 Å². The molecule has 2 nitrogen and oxygen atoms in total. The molecule has 0 amide bonds. The summed E-state index contributed by atoms with van der Waals surface area (Å²) >= 11 is 0. The highest BCUT2D eigenvalue weighted by molar-refractivity contribution is 7.20. The van der Waals surface area contributed by atoms with E-state index in [1.54, 1.807) is 14.2 Å². The predicted molar refractivity (Wildman–Crippen MR) is 154 cm³/mol. The molecule has 0 aliphatic rings. The second kappa shape index (κ2) is 10.1. The zero-order chi connectivity index (χ0) is 25.1.